The monoisotopic (exact) mass is 298 g/mol. The average molecular weight is 299 g/mol. The number of hydrogen-bond donors (Lipinski definition) is 1. The van der Waals surface area contributed by atoms with Crippen molar-refractivity contribution in [1.29, 1.82) is 0 Å². The lowest BCUT2D eigenvalue weighted by molar-refractivity contribution is 0.808. The SMILES string of the molecule is O=c1[nH]c2nc3c(nn2/c1=C/c1ccc(Cl)cc1)CCC=3. The molecule has 0 radical (unpaired) electrons. The molecule has 1 aliphatic rings. The first-order valence-electron chi connectivity index (χ1n) is 6.66. The molecule has 1 aliphatic carbocycles. The molecule has 104 valence electrons. The number of hydrogen-bond acceptors (Lipinski definition) is 3. The van der Waals surface area contributed by atoms with Gasteiger partial charge in [-0.3, -0.25) is 9.78 Å². The average Bonchev–Trinajstić information content (AvgIpc) is 3.03. The first-order valence-corrected chi connectivity index (χ1v) is 7.04. The first kappa shape index (κ1) is 12.3. The third kappa shape index (κ3) is 2.06. The zero-order chi connectivity index (χ0) is 14.4. The second-order valence-corrected chi connectivity index (χ2v) is 5.39. The van der Waals surface area contributed by atoms with Crippen molar-refractivity contribution in [1.82, 2.24) is 19.6 Å². The van der Waals surface area contributed by atoms with Gasteiger partial charge in [-0.2, -0.15) is 9.61 Å². The highest BCUT2D eigenvalue weighted by atomic mass is 35.5. The number of nitrogens with zero attached hydrogens (tertiary/aromatic N) is 3. The summed E-state index contributed by atoms with van der Waals surface area (Å²) in [6.07, 6.45) is 5.63. The van der Waals surface area contributed by atoms with Crippen molar-refractivity contribution in [2.75, 3.05) is 0 Å². The van der Waals surface area contributed by atoms with Gasteiger partial charge in [0.2, 0.25) is 5.78 Å². The quantitative estimate of drug-likeness (QED) is 0.716. The van der Waals surface area contributed by atoms with Crippen LogP contribution in [0.15, 0.2) is 29.1 Å². The number of aryl methyl sites for hydroxylation is 1. The Morgan fingerprint density at radius 2 is 2.10 bits per heavy atom. The Morgan fingerprint density at radius 3 is 2.90 bits per heavy atom. The molecule has 1 N–H and O–H groups in total. The molecule has 0 atom stereocenters. The summed E-state index contributed by atoms with van der Waals surface area (Å²) < 4.78 is 1.58. The van der Waals surface area contributed by atoms with E-state index in [1.165, 1.54) is 0 Å². The molecule has 0 saturated carbocycles. The van der Waals surface area contributed by atoms with Crippen LogP contribution in [0.5, 0.6) is 0 Å². The van der Waals surface area contributed by atoms with E-state index < -0.39 is 0 Å². The zero-order valence-corrected chi connectivity index (χ0v) is 11.8. The van der Waals surface area contributed by atoms with E-state index >= 15 is 0 Å². The lowest BCUT2D eigenvalue weighted by Gasteiger charge is -1.96. The van der Waals surface area contributed by atoms with Crippen molar-refractivity contribution in [2.45, 2.75) is 12.8 Å². The lowest BCUT2D eigenvalue weighted by atomic mass is 10.2. The fourth-order valence-corrected chi connectivity index (χ4v) is 2.61. The normalized spacial score (nSPS) is 14.4. The molecular weight excluding hydrogens is 288 g/mol. The van der Waals surface area contributed by atoms with Gasteiger partial charge in [0.25, 0.3) is 5.56 Å². The smallest absolute Gasteiger partial charge is 0.276 e. The maximum absolute atomic E-state index is 12.1. The fraction of sp³-hybridized carbons (Fsp3) is 0.133. The van der Waals surface area contributed by atoms with E-state index in [-0.39, 0.29) is 5.56 Å². The molecule has 6 heteroatoms. The molecule has 1 aromatic carbocycles. The van der Waals surface area contributed by atoms with Crippen LogP contribution in [-0.4, -0.2) is 19.6 Å². The number of benzene rings is 1. The number of aromatic nitrogens is 4. The summed E-state index contributed by atoms with van der Waals surface area (Å²) in [4.78, 5) is 19.3. The third-order valence-corrected chi connectivity index (χ3v) is 3.77. The Bertz CT molecular complexity index is 1010. The summed E-state index contributed by atoms with van der Waals surface area (Å²) in [6.45, 7) is 0. The number of H-pyrrole nitrogens is 1. The van der Waals surface area contributed by atoms with Crippen LogP contribution in [0.25, 0.3) is 17.9 Å². The number of rotatable bonds is 1. The number of imidazole rings is 1. The van der Waals surface area contributed by atoms with Crippen LogP contribution in [0.1, 0.15) is 17.7 Å². The summed E-state index contributed by atoms with van der Waals surface area (Å²) in [6, 6.07) is 7.29. The van der Waals surface area contributed by atoms with Crippen molar-refractivity contribution >= 4 is 29.5 Å². The highest BCUT2D eigenvalue weighted by molar-refractivity contribution is 6.30. The Morgan fingerprint density at radius 1 is 1.29 bits per heavy atom. The van der Waals surface area contributed by atoms with Crippen molar-refractivity contribution in [3.63, 3.8) is 0 Å². The zero-order valence-electron chi connectivity index (χ0n) is 11.0. The van der Waals surface area contributed by atoms with Crippen LogP contribution in [0, 0.1) is 0 Å². The Labute approximate surface area is 124 Å². The predicted molar refractivity (Wildman–Crippen MR) is 80.7 cm³/mol. The number of aromatic amines is 1. The van der Waals surface area contributed by atoms with Crippen LogP contribution in [0.4, 0.5) is 0 Å². The number of nitrogens with one attached hydrogen (secondary N) is 1. The van der Waals surface area contributed by atoms with E-state index in [1.807, 2.05) is 18.2 Å². The van der Waals surface area contributed by atoms with Gasteiger partial charge in [-0.1, -0.05) is 29.8 Å². The molecule has 2 aromatic heterocycles. The van der Waals surface area contributed by atoms with Crippen molar-refractivity contribution in [2.24, 2.45) is 0 Å². The van der Waals surface area contributed by atoms with Crippen molar-refractivity contribution in [3.8, 4) is 0 Å². The second kappa shape index (κ2) is 4.56. The summed E-state index contributed by atoms with van der Waals surface area (Å²) in [5, 5.41) is 6.52. The Balaban J connectivity index is 2.01. The van der Waals surface area contributed by atoms with Crippen molar-refractivity contribution in [3.05, 3.63) is 61.6 Å². The molecule has 0 unspecified atom stereocenters. The van der Waals surface area contributed by atoms with Gasteiger partial charge in [0.15, 0.2) is 0 Å². The molecule has 21 heavy (non-hydrogen) atoms. The maximum atomic E-state index is 12.1. The third-order valence-electron chi connectivity index (χ3n) is 3.52. The van der Waals surface area contributed by atoms with E-state index in [0.717, 1.165) is 29.4 Å². The Hall–Kier alpha value is -2.40. The standard InChI is InChI=1S/C15H11ClN4O/c16-10-6-4-9(5-7-10)8-13-14(21)18-15-17-11-2-1-3-12(11)19-20(13)15/h2,4-8H,1,3H2,(H,17,18,21)/b13-8+. The highest BCUT2D eigenvalue weighted by Gasteiger charge is 2.10. The summed E-state index contributed by atoms with van der Waals surface area (Å²) in [7, 11) is 0. The molecule has 0 spiro atoms. The summed E-state index contributed by atoms with van der Waals surface area (Å²) in [5.41, 5.74) is 1.62. The molecular formula is C15H11ClN4O. The van der Waals surface area contributed by atoms with Crippen molar-refractivity contribution < 1.29 is 0 Å². The van der Waals surface area contributed by atoms with Gasteiger partial charge in [-0.05, 0) is 36.6 Å². The molecule has 2 heterocycles. The van der Waals surface area contributed by atoms with Crippen LogP contribution >= 0.6 is 11.6 Å². The van der Waals surface area contributed by atoms with Gasteiger partial charge < -0.3 is 0 Å². The van der Waals surface area contributed by atoms with Gasteiger partial charge in [0.05, 0.1) is 11.0 Å². The summed E-state index contributed by atoms with van der Waals surface area (Å²) in [5.74, 6) is 0.470. The minimum atomic E-state index is -0.200. The minimum absolute atomic E-state index is 0.200. The lowest BCUT2D eigenvalue weighted by Crippen LogP contribution is -2.28. The van der Waals surface area contributed by atoms with E-state index in [1.54, 1.807) is 22.7 Å². The number of halogens is 1. The number of fused-ring (bicyclic) bond motifs is 2. The van der Waals surface area contributed by atoms with Gasteiger partial charge in [-0.25, -0.2) is 4.98 Å². The van der Waals surface area contributed by atoms with Crippen LogP contribution in [0.2, 0.25) is 5.02 Å². The van der Waals surface area contributed by atoms with E-state index in [9.17, 15) is 4.79 Å². The van der Waals surface area contributed by atoms with Crippen LogP contribution < -0.4 is 16.3 Å². The molecule has 5 nitrogen and oxygen atoms in total. The van der Waals surface area contributed by atoms with E-state index in [2.05, 4.69) is 15.1 Å². The van der Waals surface area contributed by atoms with Crippen LogP contribution in [-0.2, 0) is 6.42 Å². The van der Waals surface area contributed by atoms with Gasteiger partial charge in [-0.15, -0.1) is 0 Å². The van der Waals surface area contributed by atoms with E-state index in [4.69, 9.17) is 11.6 Å². The molecule has 0 amide bonds. The van der Waals surface area contributed by atoms with Crippen LogP contribution in [0.3, 0.4) is 0 Å². The first-order chi connectivity index (χ1) is 10.2. The summed E-state index contributed by atoms with van der Waals surface area (Å²) >= 11 is 5.87. The maximum Gasteiger partial charge on any atom is 0.276 e. The second-order valence-electron chi connectivity index (χ2n) is 4.96. The molecule has 0 saturated heterocycles. The fourth-order valence-electron chi connectivity index (χ4n) is 2.49. The van der Waals surface area contributed by atoms with Gasteiger partial charge in [0, 0.05) is 5.02 Å². The van der Waals surface area contributed by atoms with E-state index in [0.29, 0.717) is 16.1 Å². The molecule has 0 aliphatic heterocycles. The molecule has 3 aromatic rings. The largest absolute Gasteiger partial charge is 0.289 e. The molecule has 0 fully saturated rings. The topological polar surface area (TPSA) is 63.0 Å². The molecule has 0 bridgehead atoms. The molecule has 4 rings (SSSR count). The Kier molecular flexibility index (Phi) is 2.68. The highest BCUT2D eigenvalue weighted by Crippen LogP contribution is 2.09. The minimum Gasteiger partial charge on any atom is -0.289 e. The van der Waals surface area contributed by atoms with Gasteiger partial charge >= 0.3 is 0 Å². The predicted octanol–water partition coefficient (Wildman–Crippen LogP) is 0.626. The van der Waals surface area contributed by atoms with Gasteiger partial charge in [0.1, 0.15) is 5.35 Å².